The Morgan fingerprint density at radius 2 is 1.79 bits per heavy atom. The molecule has 5 heteroatoms. The van der Waals surface area contributed by atoms with Gasteiger partial charge in [0, 0.05) is 5.92 Å². The van der Waals surface area contributed by atoms with Crippen molar-refractivity contribution < 1.29 is 19.4 Å². The first-order valence-corrected chi connectivity index (χ1v) is 7.27. The highest BCUT2D eigenvalue weighted by Gasteiger charge is 2.67. The first kappa shape index (κ1) is 11.7. The zero-order valence-electron chi connectivity index (χ0n) is 10.7. The minimum atomic E-state index is -0.876. The van der Waals surface area contributed by atoms with Crippen LogP contribution in [0.3, 0.4) is 0 Å². The number of ether oxygens (including phenoxy) is 1. The van der Waals surface area contributed by atoms with E-state index in [1.807, 2.05) is 0 Å². The number of carboxylic acids is 1. The normalized spacial score (nSPS) is 50.0. The summed E-state index contributed by atoms with van der Waals surface area (Å²) in [5.74, 6) is 1.52. The molecule has 1 amide bonds. The maximum atomic E-state index is 12.3. The molecule has 0 spiro atoms. The number of hydrogen-bond donors (Lipinski definition) is 2. The number of carbonyl (C=O) groups excluding carboxylic acids is 1. The van der Waals surface area contributed by atoms with Crippen molar-refractivity contribution in [1.29, 1.82) is 0 Å². The summed E-state index contributed by atoms with van der Waals surface area (Å²) >= 11 is 0. The van der Waals surface area contributed by atoms with Gasteiger partial charge in [0.25, 0.3) is 0 Å². The highest BCUT2D eigenvalue weighted by Crippen LogP contribution is 2.69. The molecule has 4 fully saturated rings. The Labute approximate surface area is 111 Å². The van der Waals surface area contributed by atoms with Crippen molar-refractivity contribution in [1.82, 2.24) is 5.32 Å². The molecule has 19 heavy (non-hydrogen) atoms. The lowest BCUT2D eigenvalue weighted by atomic mass is 10.0. The van der Waals surface area contributed by atoms with E-state index in [0.717, 1.165) is 11.8 Å². The van der Waals surface area contributed by atoms with Gasteiger partial charge in [-0.1, -0.05) is 0 Å². The van der Waals surface area contributed by atoms with Crippen LogP contribution in [0.2, 0.25) is 0 Å². The lowest BCUT2D eigenvalue weighted by molar-refractivity contribution is -0.142. The molecule has 1 aliphatic heterocycles. The summed E-state index contributed by atoms with van der Waals surface area (Å²) in [4.78, 5) is 23.4. The summed E-state index contributed by atoms with van der Waals surface area (Å²) in [5.41, 5.74) is 0. The van der Waals surface area contributed by atoms with Crippen LogP contribution in [0.5, 0.6) is 0 Å². The van der Waals surface area contributed by atoms with Gasteiger partial charge in [0.2, 0.25) is 5.91 Å². The first-order valence-electron chi connectivity index (χ1n) is 7.27. The van der Waals surface area contributed by atoms with Crippen molar-refractivity contribution in [2.45, 2.75) is 25.3 Å². The van der Waals surface area contributed by atoms with E-state index in [-0.39, 0.29) is 24.5 Å². The molecular weight excluding hydrogens is 246 g/mol. The number of aliphatic carboxylic acids is 1. The predicted molar refractivity (Wildman–Crippen MR) is 65.2 cm³/mol. The van der Waals surface area contributed by atoms with Crippen LogP contribution in [0.15, 0.2) is 0 Å². The van der Waals surface area contributed by atoms with Gasteiger partial charge in [-0.25, -0.2) is 0 Å². The lowest BCUT2D eigenvalue weighted by Gasteiger charge is -2.17. The Morgan fingerprint density at radius 3 is 2.42 bits per heavy atom. The van der Waals surface area contributed by atoms with Gasteiger partial charge in [0.1, 0.15) is 5.92 Å². The highest BCUT2D eigenvalue weighted by atomic mass is 16.5. The standard InChI is InChI=1S/C14H19NO4/c16-13(15-9-5-19-4-8(9)14(17)18)12-10-6-1-2-7(3-6)11(10)12/h6-12H,1-5H2,(H,15,16)(H,17,18). The Morgan fingerprint density at radius 1 is 1.11 bits per heavy atom. The van der Waals surface area contributed by atoms with Crippen LogP contribution in [-0.4, -0.2) is 36.2 Å². The Kier molecular flexibility index (Phi) is 2.43. The molecule has 4 aliphatic rings. The molecule has 5 nitrogen and oxygen atoms in total. The van der Waals surface area contributed by atoms with Crippen LogP contribution >= 0.6 is 0 Å². The minimum Gasteiger partial charge on any atom is -0.481 e. The molecule has 0 aromatic rings. The lowest BCUT2D eigenvalue weighted by Crippen LogP contribution is -2.44. The molecular formula is C14H19NO4. The van der Waals surface area contributed by atoms with Crippen molar-refractivity contribution in [2.24, 2.45) is 35.5 Å². The minimum absolute atomic E-state index is 0.0772. The fraction of sp³-hybridized carbons (Fsp3) is 0.857. The van der Waals surface area contributed by atoms with Gasteiger partial charge in [0.05, 0.1) is 19.3 Å². The van der Waals surface area contributed by atoms with E-state index >= 15 is 0 Å². The van der Waals surface area contributed by atoms with E-state index in [4.69, 9.17) is 9.84 Å². The zero-order valence-corrected chi connectivity index (χ0v) is 10.7. The molecule has 4 rings (SSSR count). The van der Waals surface area contributed by atoms with E-state index in [0.29, 0.717) is 18.4 Å². The summed E-state index contributed by atoms with van der Waals surface area (Å²) in [6, 6.07) is -0.344. The maximum Gasteiger partial charge on any atom is 0.311 e. The molecule has 6 atom stereocenters. The first-order chi connectivity index (χ1) is 9.16. The average molecular weight is 265 g/mol. The third kappa shape index (κ3) is 1.64. The van der Waals surface area contributed by atoms with Gasteiger partial charge >= 0.3 is 5.97 Å². The Balaban J connectivity index is 1.39. The number of hydrogen-bond acceptors (Lipinski definition) is 3. The number of rotatable bonds is 3. The third-order valence-corrected chi connectivity index (χ3v) is 5.76. The average Bonchev–Trinajstić information content (AvgIpc) is 2.75. The molecule has 2 N–H and O–H groups in total. The smallest absolute Gasteiger partial charge is 0.311 e. The van der Waals surface area contributed by atoms with Gasteiger partial charge < -0.3 is 15.2 Å². The number of carbonyl (C=O) groups is 2. The molecule has 6 unspecified atom stereocenters. The fourth-order valence-electron chi connectivity index (χ4n) is 4.89. The van der Waals surface area contributed by atoms with Crippen LogP contribution in [-0.2, 0) is 14.3 Å². The molecule has 0 radical (unpaired) electrons. The molecule has 0 aromatic carbocycles. The van der Waals surface area contributed by atoms with Crippen LogP contribution in [0.1, 0.15) is 19.3 Å². The van der Waals surface area contributed by atoms with Gasteiger partial charge in [-0.3, -0.25) is 9.59 Å². The van der Waals surface area contributed by atoms with Crippen LogP contribution in [0.4, 0.5) is 0 Å². The summed E-state index contributed by atoms with van der Waals surface area (Å²) in [7, 11) is 0. The van der Waals surface area contributed by atoms with E-state index < -0.39 is 11.9 Å². The molecule has 1 saturated heterocycles. The molecule has 2 bridgehead atoms. The van der Waals surface area contributed by atoms with E-state index in [9.17, 15) is 9.59 Å². The van der Waals surface area contributed by atoms with Crippen molar-refractivity contribution >= 4 is 11.9 Å². The number of nitrogens with one attached hydrogen (secondary N) is 1. The Hall–Kier alpha value is -1.10. The number of carboxylic acid groups (broad SMARTS) is 1. The molecule has 0 aromatic heterocycles. The predicted octanol–water partition coefficient (Wildman–Crippen LogP) is 0.494. The SMILES string of the molecule is O=C(O)C1COCC1NC(=O)C1C2C3CCC(C3)C12. The Bertz CT molecular complexity index is 421. The monoisotopic (exact) mass is 265 g/mol. The quantitative estimate of drug-likeness (QED) is 0.779. The summed E-state index contributed by atoms with van der Waals surface area (Å²) in [5, 5.41) is 12.0. The van der Waals surface area contributed by atoms with Gasteiger partial charge in [-0.2, -0.15) is 0 Å². The van der Waals surface area contributed by atoms with Crippen LogP contribution in [0, 0.1) is 35.5 Å². The number of amides is 1. The fourth-order valence-corrected chi connectivity index (χ4v) is 4.89. The van der Waals surface area contributed by atoms with Crippen molar-refractivity contribution in [3.8, 4) is 0 Å². The van der Waals surface area contributed by atoms with Crippen molar-refractivity contribution in [3.05, 3.63) is 0 Å². The van der Waals surface area contributed by atoms with E-state index in [1.165, 1.54) is 19.3 Å². The number of fused-ring (bicyclic) bond motifs is 5. The van der Waals surface area contributed by atoms with Crippen molar-refractivity contribution in [3.63, 3.8) is 0 Å². The summed E-state index contributed by atoms with van der Waals surface area (Å²) in [6.45, 7) is 0.542. The molecule has 3 saturated carbocycles. The zero-order chi connectivity index (χ0) is 13.1. The van der Waals surface area contributed by atoms with Gasteiger partial charge in [-0.05, 0) is 42.9 Å². The maximum absolute atomic E-state index is 12.3. The summed E-state index contributed by atoms with van der Waals surface area (Å²) < 4.78 is 5.19. The second-order valence-corrected chi connectivity index (χ2v) is 6.61. The van der Waals surface area contributed by atoms with Gasteiger partial charge in [-0.15, -0.1) is 0 Å². The highest BCUT2D eigenvalue weighted by molar-refractivity contribution is 5.84. The van der Waals surface area contributed by atoms with Crippen LogP contribution < -0.4 is 5.32 Å². The second kappa shape index (κ2) is 3.95. The third-order valence-electron chi connectivity index (χ3n) is 5.76. The van der Waals surface area contributed by atoms with Crippen molar-refractivity contribution in [2.75, 3.05) is 13.2 Å². The molecule has 104 valence electrons. The van der Waals surface area contributed by atoms with E-state index in [1.54, 1.807) is 0 Å². The second-order valence-electron chi connectivity index (χ2n) is 6.61. The molecule has 3 aliphatic carbocycles. The van der Waals surface area contributed by atoms with Gasteiger partial charge in [0.15, 0.2) is 0 Å². The summed E-state index contributed by atoms with van der Waals surface area (Å²) in [6.07, 6.45) is 3.91. The molecule has 1 heterocycles. The van der Waals surface area contributed by atoms with E-state index in [2.05, 4.69) is 5.32 Å². The largest absolute Gasteiger partial charge is 0.481 e. The topological polar surface area (TPSA) is 75.6 Å². The van der Waals surface area contributed by atoms with Crippen LogP contribution in [0.25, 0.3) is 0 Å².